The van der Waals surface area contributed by atoms with Gasteiger partial charge in [-0.25, -0.2) is 4.79 Å². The minimum atomic E-state index is -0.609. The second-order valence-electron chi connectivity index (χ2n) is 4.49. The first kappa shape index (κ1) is 16.9. The molecule has 0 spiro atoms. The molecule has 1 aliphatic carbocycles. The van der Waals surface area contributed by atoms with Crippen molar-refractivity contribution in [1.29, 1.82) is 0 Å². The average Bonchev–Trinajstić information content (AvgIpc) is 2.46. The zero-order valence-electron chi connectivity index (χ0n) is 12.3. The van der Waals surface area contributed by atoms with Gasteiger partial charge in [-0.2, -0.15) is 0 Å². The molecule has 0 saturated carbocycles. The van der Waals surface area contributed by atoms with E-state index in [-0.39, 0.29) is 18.9 Å². The molecule has 0 atom stereocenters. The third-order valence-electron chi connectivity index (χ3n) is 2.77. The predicted molar refractivity (Wildman–Crippen MR) is 75.4 cm³/mol. The maximum absolute atomic E-state index is 12.1. The molecule has 0 aromatic rings. The summed E-state index contributed by atoms with van der Waals surface area (Å²) < 4.78 is 4.72. The molecule has 7 nitrogen and oxygen atoms in total. The number of ether oxygens (including phenoxy) is 1. The molecule has 1 aliphatic rings. The number of hydrogen-bond acceptors (Lipinski definition) is 6. The summed E-state index contributed by atoms with van der Waals surface area (Å²) in [6.07, 6.45) is 5.42. The van der Waals surface area contributed by atoms with E-state index in [1.165, 1.54) is 6.92 Å². The lowest BCUT2D eigenvalue weighted by Gasteiger charge is -2.14. The molecule has 0 radical (unpaired) electrons. The van der Waals surface area contributed by atoms with Gasteiger partial charge in [0, 0.05) is 6.92 Å². The van der Waals surface area contributed by atoms with Gasteiger partial charge in [-0.1, -0.05) is 11.2 Å². The Morgan fingerprint density at radius 3 is 2.67 bits per heavy atom. The van der Waals surface area contributed by atoms with Crippen molar-refractivity contribution in [2.75, 3.05) is 13.2 Å². The van der Waals surface area contributed by atoms with Gasteiger partial charge in [0.2, 0.25) is 0 Å². The first-order chi connectivity index (χ1) is 10.0. The van der Waals surface area contributed by atoms with E-state index in [4.69, 9.17) is 4.74 Å². The van der Waals surface area contributed by atoms with E-state index in [0.717, 1.165) is 24.8 Å². The van der Waals surface area contributed by atoms with Gasteiger partial charge in [0.25, 0.3) is 5.91 Å². The number of nitrogens with one attached hydrogen (secondary N) is 1. The highest BCUT2D eigenvalue weighted by atomic mass is 16.7. The molecule has 1 N–H and O–H groups in total. The Morgan fingerprint density at radius 2 is 2.10 bits per heavy atom. The zero-order valence-corrected chi connectivity index (χ0v) is 12.3. The van der Waals surface area contributed by atoms with Gasteiger partial charge in [-0.05, 0) is 38.2 Å². The highest BCUT2D eigenvalue weighted by Gasteiger charge is 2.20. The molecule has 0 heterocycles. The van der Waals surface area contributed by atoms with Crippen LogP contribution in [-0.4, -0.2) is 36.7 Å². The standard InChI is InChI=1S/C14H20N2O5/c1-3-20-12(18)9-15-14(19)13(16-21-10(2)17)11-7-5-4-6-8-11/h7H,3-6,8-9H2,1-2H3,(H,15,19)/b16-13+. The van der Waals surface area contributed by atoms with Crippen LogP contribution in [0.4, 0.5) is 0 Å². The summed E-state index contributed by atoms with van der Waals surface area (Å²) in [4.78, 5) is 38.7. The molecule has 0 saturated heterocycles. The van der Waals surface area contributed by atoms with E-state index >= 15 is 0 Å². The molecule has 0 aromatic heterocycles. The number of amides is 1. The van der Waals surface area contributed by atoms with Gasteiger partial charge in [0.05, 0.1) is 6.61 Å². The predicted octanol–water partition coefficient (Wildman–Crippen LogP) is 1.09. The van der Waals surface area contributed by atoms with Crippen LogP contribution in [0.1, 0.15) is 39.5 Å². The Balaban J connectivity index is 2.73. The molecule has 21 heavy (non-hydrogen) atoms. The summed E-state index contributed by atoms with van der Waals surface area (Å²) in [5, 5.41) is 6.02. The van der Waals surface area contributed by atoms with Gasteiger partial charge in [-0.3, -0.25) is 9.59 Å². The van der Waals surface area contributed by atoms with E-state index in [9.17, 15) is 14.4 Å². The fourth-order valence-corrected chi connectivity index (χ4v) is 1.86. The van der Waals surface area contributed by atoms with Crippen molar-refractivity contribution in [3.63, 3.8) is 0 Å². The van der Waals surface area contributed by atoms with Crippen molar-refractivity contribution in [3.8, 4) is 0 Å². The second-order valence-corrected chi connectivity index (χ2v) is 4.49. The summed E-state index contributed by atoms with van der Waals surface area (Å²) in [5.74, 6) is -1.70. The average molecular weight is 296 g/mol. The van der Waals surface area contributed by atoms with Crippen LogP contribution in [-0.2, 0) is 24.0 Å². The normalized spacial score (nSPS) is 15.0. The SMILES string of the molecule is CCOC(=O)CNC(=O)/C(=N/OC(C)=O)C1=CCCCC1. The topological polar surface area (TPSA) is 94.1 Å². The first-order valence-electron chi connectivity index (χ1n) is 6.93. The molecular formula is C14H20N2O5. The molecule has 0 aliphatic heterocycles. The van der Waals surface area contributed by atoms with Crippen LogP contribution in [0.2, 0.25) is 0 Å². The lowest BCUT2D eigenvalue weighted by Crippen LogP contribution is -2.37. The monoisotopic (exact) mass is 296 g/mol. The lowest BCUT2D eigenvalue weighted by atomic mass is 9.95. The molecule has 7 heteroatoms. The van der Waals surface area contributed by atoms with Crippen LogP contribution in [0, 0.1) is 0 Å². The summed E-state index contributed by atoms with van der Waals surface area (Å²) in [5.41, 5.74) is 0.762. The fraction of sp³-hybridized carbons (Fsp3) is 0.571. The molecule has 0 aromatic carbocycles. The lowest BCUT2D eigenvalue weighted by molar-refractivity contribution is -0.143. The van der Waals surface area contributed by atoms with E-state index in [0.29, 0.717) is 6.42 Å². The molecule has 1 rings (SSSR count). The van der Waals surface area contributed by atoms with E-state index < -0.39 is 17.8 Å². The van der Waals surface area contributed by atoms with Crippen molar-refractivity contribution < 1.29 is 24.0 Å². The summed E-state index contributed by atoms with van der Waals surface area (Å²) >= 11 is 0. The van der Waals surface area contributed by atoms with Crippen LogP contribution in [0.15, 0.2) is 16.8 Å². The Hall–Kier alpha value is -2.18. The van der Waals surface area contributed by atoms with Gasteiger partial charge < -0.3 is 14.9 Å². The van der Waals surface area contributed by atoms with Gasteiger partial charge in [-0.15, -0.1) is 0 Å². The van der Waals surface area contributed by atoms with E-state index in [2.05, 4.69) is 15.3 Å². The second kappa shape index (κ2) is 8.89. The quantitative estimate of drug-likeness (QED) is 0.342. The maximum atomic E-state index is 12.1. The van der Waals surface area contributed by atoms with Crippen LogP contribution in [0.25, 0.3) is 0 Å². The number of rotatable bonds is 6. The Bertz CT molecular complexity index is 468. The van der Waals surface area contributed by atoms with E-state index in [1.807, 2.05) is 6.08 Å². The fourth-order valence-electron chi connectivity index (χ4n) is 1.86. The number of nitrogens with zero attached hydrogens (tertiary/aromatic N) is 1. The summed E-state index contributed by atoms with van der Waals surface area (Å²) in [7, 11) is 0. The van der Waals surface area contributed by atoms with Crippen molar-refractivity contribution in [3.05, 3.63) is 11.6 Å². The molecule has 1 amide bonds. The number of hydrogen-bond donors (Lipinski definition) is 1. The van der Waals surface area contributed by atoms with Crippen molar-refractivity contribution in [1.82, 2.24) is 5.32 Å². The number of carbonyl (C=O) groups excluding carboxylic acids is 3. The van der Waals surface area contributed by atoms with Crippen LogP contribution in [0.5, 0.6) is 0 Å². The van der Waals surface area contributed by atoms with Gasteiger partial charge in [0.1, 0.15) is 6.54 Å². The Morgan fingerprint density at radius 1 is 1.33 bits per heavy atom. The molecule has 0 bridgehead atoms. The number of esters is 1. The third-order valence-corrected chi connectivity index (χ3v) is 2.77. The van der Waals surface area contributed by atoms with Gasteiger partial charge in [0.15, 0.2) is 5.71 Å². The molecular weight excluding hydrogens is 276 g/mol. The molecule has 116 valence electrons. The smallest absolute Gasteiger partial charge is 0.332 e. The first-order valence-corrected chi connectivity index (χ1v) is 6.93. The van der Waals surface area contributed by atoms with E-state index in [1.54, 1.807) is 6.92 Å². The molecule has 0 fully saturated rings. The van der Waals surface area contributed by atoms with Crippen molar-refractivity contribution >= 4 is 23.6 Å². The third kappa shape index (κ3) is 6.20. The van der Waals surface area contributed by atoms with Crippen LogP contribution in [0.3, 0.4) is 0 Å². The maximum Gasteiger partial charge on any atom is 0.332 e. The number of carbonyl (C=O) groups is 3. The number of oxime groups is 1. The zero-order chi connectivity index (χ0) is 15.7. The minimum absolute atomic E-state index is 0.0363. The highest BCUT2D eigenvalue weighted by Crippen LogP contribution is 2.19. The summed E-state index contributed by atoms with van der Waals surface area (Å²) in [6, 6.07) is 0. The van der Waals surface area contributed by atoms with Gasteiger partial charge >= 0.3 is 11.9 Å². The van der Waals surface area contributed by atoms with Crippen molar-refractivity contribution in [2.45, 2.75) is 39.5 Å². The number of allylic oxidation sites excluding steroid dienone is 1. The largest absolute Gasteiger partial charge is 0.465 e. The Kier molecular flexibility index (Phi) is 7.14. The highest BCUT2D eigenvalue weighted by molar-refractivity contribution is 6.45. The van der Waals surface area contributed by atoms with Crippen molar-refractivity contribution in [2.24, 2.45) is 5.16 Å². The van der Waals surface area contributed by atoms with Crippen LogP contribution >= 0.6 is 0 Å². The molecule has 0 unspecified atom stereocenters. The Labute approximate surface area is 123 Å². The minimum Gasteiger partial charge on any atom is -0.465 e. The van der Waals surface area contributed by atoms with Crippen LogP contribution < -0.4 is 5.32 Å². The summed E-state index contributed by atoms with van der Waals surface area (Å²) in [6.45, 7) is 2.88.